The molecule has 160 valence electrons. The summed E-state index contributed by atoms with van der Waals surface area (Å²) in [7, 11) is 0. The average Bonchev–Trinajstić information content (AvgIpc) is 2.74. The van der Waals surface area contributed by atoms with Gasteiger partial charge in [-0.2, -0.15) is 0 Å². The number of anilines is 2. The number of rotatable bonds is 6. The van der Waals surface area contributed by atoms with E-state index in [0.29, 0.717) is 24.9 Å². The Morgan fingerprint density at radius 1 is 0.733 bits per heavy atom. The summed E-state index contributed by atoms with van der Waals surface area (Å²) in [4.78, 5) is 24.3. The molecule has 0 bridgehead atoms. The first-order valence-electron chi connectivity index (χ1n) is 10.7. The molecule has 1 aliphatic rings. The smallest absolute Gasteiger partial charge is 0.319 e. The Kier molecular flexibility index (Phi) is 7.71. The van der Waals surface area contributed by atoms with Gasteiger partial charge in [0, 0.05) is 24.5 Å². The van der Waals surface area contributed by atoms with Crippen LogP contribution in [0.25, 0.3) is 0 Å². The molecular weight excluding hydrogens is 376 g/mol. The largest absolute Gasteiger partial charge is 0.338 e. The molecule has 0 aromatic heterocycles. The summed E-state index contributed by atoms with van der Waals surface area (Å²) >= 11 is 0. The molecule has 4 N–H and O–H groups in total. The van der Waals surface area contributed by atoms with E-state index < -0.39 is 0 Å². The van der Waals surface area contributed by atoms with Crippen LogP contribution in [0, 0.1) is 25.7 Å². The number of carbonyl (C=O) groups excluding carboxylic acids is 2. The zero-order valence-corrected chi connectivity index (χ0v) is 17.8. The topological polar surface area (TPSA) is 82.3 Å². The molecular formula is C24H32N4O2. The molecule has 1 saturated carbocycles. The highest BCUT2D eigenvalue weighted by molar-refractivity contribution is 5.89. The second-order valence-electron chi connectivity index (χ2n) is 8.30. The minimum atomic E-state index is -0.170. The van der Waals surface area contributed by atoms with Crippen molar-refractivity contribution in [3.05, 3.63) is 59.7 Å². The van der Waals surface area contributed by atoms with E-state index in [9.17, 15) is 9.59 Å². The molecule has 0 aliphatic heterocycles. The normalized spacial score (nSPS) is 18.3. The van der Waals surface area contributed by atoms with Crippen molar-refractivity contribution >= 4 is 23.4 Å². The monoisotopic (exact) mass is 408 g/mol. The average molecular weight is 409 g/mol. The highest BCUT2D eigenvalue weighted by Gasteiger charge is 2.22. The Hall–Kier alpha value is -3.02. The van der Waals surface area contributed by atoms with E-state index in [1.165, 1.54) is 0 Å². The van der Waals surface area contributed by atoms with Crippen molar-refractivity contribution in [2.45, 2.75) is 39.5 Å². The molecule has 4 amide bonds. The van der Waals surface area contributed by atoms with Gasteiger partial charge in [-0.25, -0.2) is 9.59 Å². The van der Waals surface area contributed by atoms with Crippen LogP contribution in [0.1, 0.15) is 36.8 Å². The summed E-state index contributed by atoms with van der Waals surface area (Å²) in [6.45, 7) is 5.35. The van der Waals surface area contributed by atoms with E-state index in [2.05, 4.69) is 21.3 Å². The molecule has 0 heterocycles. The van der Waals surface area contributed by atoms with Gasteiger partial charge in [0.2, 0.25) is 0 Å². The summed E-state index contributed by atoms with van der Waals surface area (Å²) in [5.74, 6) is 0.879. The highest BCUT2D eigenvalue weighted by atomic mass is 16.2. The van der Waals surface area contributed by atoms with Crippen LogP contribution in [-0.4, -0.2) is 25.2 Å². The Morgan fingerprint density at radius 3 is 1.53 bits per heavy atom. The standard InChI is InChI=1S/C24H32N4O2/c1-17-6-10-21(11-7-17)27-23(29)25-15-19-4-3-5-20(14-19)16-26-24(30)28-22-12-8-18(2)9-13-22/h6-13,19-20H,3-5,14-16H2,1-2H3,(H2,25,27,29)(H2,26,28,30)/t19-,20+. The summed E-state index contributed by atoms with van der Waals surface area (Å²) in [6.07, 6.45) is 4.35. The van der Waals surface area contributed by atoms with Gasteiger partial charge in [0.05, 0.1) is 0 Å². The summed E-state index contributed by atoms with van der Waals surface area (Å²) in [5, 5.41) is 11.7. The third-order valence-corrected chi connectivity index (χ3v) is 5.61. The Bertz CT molecular complexity index is 764. The van der Waals surface area contributed by atoms with Gasteiger partial charge in [-0.3, -0.25) is 0 Å². The number of hydrogen-bond donors (Lipinski definition) is 4. The molecule has 1 fully saturated rings. The van der Waals surface area contributed by atoms with Crippen molar-refractivity contribution in [3.8, 4) is 0 Å². The molecule has 2 aromatic carbocycles. The fraction of sp³-hybridized carbons (Fsp3) is 0.417. The van der Waals surface area contributed by atoms with Gasteiger partial charge in [-0.1, -0.05) is 41.8 Å². The molecule has 2 atom stereocenters. The summed E-state index contributed by atoms with van der Waals surface area (Å²) < 4.78 is 0. The molecule has 2 aromatic rings. The van der Waals surface area contributed by atoms with Crippen molar-refractivity contribution in [1.29, 1.82) is 0 Å². The molecule has 0 spiro atoms. The van der Waals surface area contributed by atoms with Gasteiger partial charge in [0.1, 0.15) is 0 Å². The second-order valence-corrected chi connectivity index (χ2v) is 8.30. The van der Waals surface area contributed by atoms with Crippen LogP contribution in [0.15, 0.2) is 48.5 Å². The van der Waals surface area contributed by atoms with Crippen LogP contribution in [0.3, 0.4) is 0 Å². The first kappa shape index (κ1) is 21.7. The molecule has 0 radical (unpaired) electrons. The van der Waals surface area contributed by atoms with E-state index in [0.717, 1.165) is 48.2 Å². The third-order valence-electron chi connectivity index (χ3n) is 5.61. The van der Waals surface area contributed by atoms with Crippen molar-refractivity contribution in [2.24, 2.45) is 11.8 Å². The lowest BCUT2D eigenvalue weighted by atomic mass is 9.81. The second kappa shape index (κ2) is 10.7. The first-order valence-corrected chi connectivity index (χ1v) is 10.7. The predicted molar refractivity (Wildman–Crippen MR) is 122 cm³/mol. The molecule has 0 unspecified atom stereocenters. The quantitative estimate of drug-likeness (QED) is 0.539. The third kappa shape index (κ3) is 7.10. The van der Waals surface area contributed by atoms with Crippen LogP contribution >= 0.6 is 0 Å². The number of hydrogen-bond acceptors (Lipinski definition) is 2. The van der Waals surface area contributed by atoms with Crippen LogP contribution in [0.4, 0.5) is 21.0 Å². The number of amides is 4. The number of nitrogens with one attached hydrogen (secondary N) is 4. The van der Waals surface area contributed by atoms with Crippen LogP contribution in [0.5, 0.6) is 0 Å². The van der Waals surface area contributed by atoms with Crippen LogP contribution < -0.4 is 21.3 Å². The van der Waals surface area contributed by atoms with Gasteiger partial charge in [-0.05, 0) is 69.2 Å². The zero-order chi connectivity index (χ0) is 21.3. The molecule has 1 aliphatic carbocycles. The van der Waals surface area contributed by atoms with Gasteiger partial charge in [0.15, 0.2) is 0 Å². The Labute approximate surface area is 178 Å². The molecule has 0 saturated heterocycles. The lowest BCUT2D eigenvalue weighted by Gasteiger charge is -2.29. The van der Waals surface area contributed by atoms with Gasteiger partial charge in [-0.15, -0.1) is 0 Å². The van der Waals surface area contributed by atoms with Crippen molar-refractivity contribution in [2.75, 3.05) is 23.7 Å². The van der Waals surface area contributed by atoms with E-state index >= 15 is 0 Å². The fourth-order valence-electron chi connectivity index (χ4n) is 3.87. The van der Waals surface area contributed by atoms with Gasteiger partial charge < -0.3 is 21.3 Å². The number of aryl methyl sites for hydroxylation is 2. The summed E-state index contributed by atoms with van der Waals surface area (Å²) in [5.41, 5.74) is 3.91. The van der Waals surface area contributed by atoms with Crippen LogP contribution in [0.2, 0.25) is 0 Å². The Morgan fingerprint density at radius 2 is 1.13 bits per heavy atom. The minimum Gasteiger partial charge on any atom is -0.338 e. The minimum absolute atomic E-state index is 0.170. The SMILES string of the molecule is Cc1ccc(NC(=O)NC[C@H]2CCC[C@@H](CNC(=O)Nc3ccc(C)cc3)C2)cc1. The van der Waals surface area contributed by atoms with Crippen LogP contribution in [-0.2, 0) is 0 Å². The van der Waals surface area contributed by atoms with Gasteiger partial charge >= 0.3 is 12.1 Å². The van der Waals surface area contributed by atoms with E-state index in [4.69, 9.17) is 0 Å². The van der Waals surface area contributed by atoms with Crippen molar-refractivity contribution in [3.63, 3.8) is 0 Å². The number of carbonyl (C=O) groups is 2. The molecule has 6 heteroatoms. The molecule has 30 heavy (non-hydrogen) atoms. The molecule has 3 rings (SSSR count). The van der Waals surface area contributed by atoms with Crippen molar-refractivity contribution < 1.29 is 9.59 Å². The fourth-order valence-corrected chi connectivity index (χ4v) is 3.87. The lowest BCUT2D eigenvalue weighted by Crippen LogP contribution is -2.38. The van der Waals surface area contributed by atoms with E-state index in [1.807, 2.05) is 62.4 Å². The maximum absolute atomic E-state index is 12.1. The van der Waals surface area contributed by atoms with Gasteiger partial charge in [0.25, 0.3) is 0 Å². The maximum atomic E-state index is 12.1. The zero-order valence-electron chi connectivity index (χ0n) is 17.8. The highest BCUT2D eigenvalue weighted by Crippen LogP contribution is 2.28. The lowest BCUT2D eigenvalue weighted by molar-refractivity contribution is 0.230. The number of urea groups is 2. The molecule has 6 nitrogen and oxygen atoms in total. The van der Waals surface area contributed by atoms with E-state index in [-0.39, 0.29) is 12.1 Å². The maximum Gasteiger partial charge on any atom is 0.319 e. The Balaban J connectivity index is 1.36. The predicted octanol–water partition coefficient (Wildman–Crippen LogP) is 5.05. The first-order chi connectivity index (χ1) is 14.5. The van der Waals surface area contributed by atoms with E-state index in [1.54, 1.807) is 0 Å². The van der Waals surface area contributed by atoms with Crippen molar-refractivity contribution in [1.82, 2.24) is 10.6 Å². The summed E-state index contributed by atoms with van der Waals surface area (Å²) in [6, 6.07) is 15.2. The number of benzene rings is 2.